The van der Waals surface area contributed by atoms with Gasteiger partial charge in [0.1, 0.15) is 0 Å². The fraction of sp³-hybridized carbons (Fsp3) is 0.625. The molecule has 2 rings (SSSR count). The molecule has 2 unspecified atom stereocenters. The maximum absolute atomic E-state index is 10.3. The Labute approximate surface area is 110 Å². The van der Waals surface area contributed by atoms with E-state index in [-0.39, 0.29) is 11.5 Å². The van der Waals surface area contributed by atoms with Crippen LogP contribution >= 0.6 is 0 Å². The van der Waals surface area contributed by atoms with Gasteiger partial charge in [-0.05, 0) is 44.6 Å². The Morgan fingerprint density at radius 3 is 2.89 bits per heavy atom. The molecule has 18 heavy (non-hydrogen) atoms. The third-order valence-corrected chi connectivity index (χ3v) is 4.07. The van der Waals surface area contributed by atoms with Crippen LogP contribution in [-0.2, 0) is 6.42 Å². The molecule has 0 aliphatic heterocycles. The second-order valence-electron chi connectivity index (χ2n) is 6.49. The first-order chi connectivity index (χ1) is 8.35. The van der Waals surface area contributed by atoms with Crippen LogP contribution in [0.15, 0.2) is 18.7 Å². The highest BCUT2D eigenvalue weighted by Gasteiger charge is 2.34. The van der Waals surface area contributed by atoms with Crippen LogP contribution in [0.4, 0.5) is 0 Å². The van der Waals surface area contributed by atoms with Crippen molar-refractivity contribution in [1.29, 1.82) is 0 Å². The molecule has 0 saturated carbocycles. The van der Waals surface area contributed by atoms with Gasteiger partial charge in [-0.1, -0.05) is 19.9 Å². The van der Waals surface area contributed by atoms with E-state index < -0.39 is 0 Å². The molecule has 0 fully saturated rings. The van der Waals surface area contributed by atoms with Gasteiger partial charge in [0.2, 0.25) is 0 Å². The normalized spacial score (nSPS) is 23.5. The summed E-state index contributed by atoms with van der Waals surface area (Å²) in [5.74, 6) is 0. The van der Waals surface area contributed by atoms with Crippen molar-refractivity contribution in [3.8, 4) is 0 Å². The van der Waals surface area contributed by atoms with E-state index in [9.17, 15) is 5.11 Å². The molecule has 1 aromatic heterocycles. The second kappa shape index (κ2) is 4.58. The number of nitrogens with zero attached hydrogens (tertiary/aromatic N) is 1. The zero-order valence-corrected chi connectivity index (χ0v) is 12.0. The minimum Gasteiger partial charge on any atom is -0.388 e. The fourth-order valence-corrected chi connectivity index (χ4v) is 3.32. The number of hydrogen-bond donors (Lipinski definition) is 1. The summed E-state index contributed by atoms with van der Waals surface area (Å²) in [6, 6.07) is 2.59. The molecule has 2 nitrogen and oxygen atoms in total. The van der Waals surface area contributed by atoms with E-state index >= 15 is 0 Å². The highest BCUT2D eigenvalue weighted by atomic mass is 16.3. The molecule has 0 spiro atoms. The summed E-state index contributed by atoms with van der Waals surface area (Å²) in [6.07, 6.45) is 4.55. The van der Waals surface area contributed by atoms with Crippen LogP contribution in [0.5, 0.6) is 0 Å². The lowest BCUT2D eigenvalue weighted by Crippen LogP contribution is -2.27. The van der Waals surface area contributed by atoms with Crippen molar-refractivity contribution in [1.82, 2.24) is 4.57 Å². The number of hydrogen-bond acceptors (Lipinski definition) is 1. The Bertz CT molecular complexity index is 456. The Kier molecular flexibility index (Phi) is 3.41. The number of aliphatic hydroxyl groups is 1. The molecule has 0 amide bonds. The number of aromatic nitrogens is 1. The van der Waals surface area contributed by atoms with Crippen molar-refractivity contribution in [2.75, 3.05) is 0 Å². The van der Waals surface area contributed by atoms with Crippen molar-refractivity contribution >= 4 is 0 Å². The first-order valence-corrected chi connectivity index (χ1v) is 6.85. The van der Waals surface area contributed by atoms with Gasteiger partial charge in [0.15, 0.2) is 0 Å². The summed E-state index contributed by atoms with van der Waals surface area (Å²) in [6.45, 7) is 12.7. The van der Waals surface area contributed by atoms with Gasteiger partial charge in [0, 0.05) is 23.0 Å². The first-order valence-electron chi connectivity index (χ1n) is 6.85. The van der Waals surface area contributed by atoms with Gasteiger partial charge in [0.05, 0.1) is 6.10 Å². The zero-order valence-electron chi connectivity index (χ0n) is 12.0. The number of aliphatic hydroxyl groups excluding tert-OH is 1. The van der Waals surface area contributed by atoms with Crippen molar-refractivity contribution < 1.29 is 5.11 Å². The molecular weight excluding hydrogens is 222 g/mol. The van der Waals surface area contributed by atoms with Gasteiger partial charge in [0.25, 0.3) is 0 Å². The van der Waals surface area contributed by atoms with Crippen molar-refractivity contribution in [3.63, 3.8) is 0 Å². The third kappa shape index (κ3) is 2.26. The average Bonchev–Trinajstić information content (AvgIpc) is 2.53. The predicted molar refractivity (Wildman–Crippen MR) is 75.8 cm³/mol. The zero-order chi connectivity index (χ0) is 13.5. The van der Waals surface area contributed by atoms with E-state index in [0.29, 0.717) is 6.04 Å². The van der Waals surface area contributed by atoms with Gasteiger partial charge >= 0.3 is 0 Å². The largest absolute Gasteiger partial charge is 0.388 e. The molecule has 0 bridgehead atoms. The number of allylic oxidation sites excluding steroid dienone is 1. The molecular formula is C16H25NO. The molecule has 0 radical (unpaired) electrons. The first kappa shape index (κ1) is 13.4. The Hall–Kier alpha value is -1.02. The Morgan fingerprint density at radius 1 is 1.61 bits per heavy atom. The highest BCUT2D eigenvalue weighted by molar-refractivity contribution is 5.33. The molecule has 0 saturated heterocycles. The van der Waals surface area contributed by atoms with Crippen molar-refractivity contribution in [2.24, 2.45) is 5.41 Å². The standard InChI is InChI=1S/C16H25NO/c1-6-7-11(2)17-12(3)8-13-14(17)9-16(4,5)10-15(13)18/h6,8,11,15,18H,1,7,9-10H2,2-5H3. The monoisotopic (exact) mass is 247 g/mol. The minimum atomic E-state index is -0.306. The topological polar surface area (TPSA) is 25.2 Å². The highest BCUT2D eigenvalue weighted by Crippen LogP contribution is 2.43. The van der Waals surface area contributed by atoms with Crippen LogP contribution in [0.25, 0.3) is 0 Å². The van der Waals surface area contributed by atoms with E-state index in [1.165, 1.54) is 11.4 Å². The van der Waals surface area contributed by atoms with Gasteiger partial charge in [-0.2, -0.15) is 0 Å². The van der Waals surface area contributed by atoms with E-state index in [1.807, 2.05) is 6.08 Å². The van der Waals surface area contributed by atoms with Crippen molar-refractivity contribution in [2.45, 2.75) is 59.1 Å². The van der Waals surface area contributed by atoms with Crippen molar-refractivity contribution in [3.05, 3.63) is 35.7 Å². The van der Waals surface area contributed by atoms with Crippen LogP contribution in [0.1, 0.15) is 62.7 Å². The Balaban J connectivity index is 2.47. The molecule has 2 atom stereocenters. The maximum Gasteiger partial charge on any atom is 0.0812 e. The summed E-state index contributed by atoms with van der Waals surface area (Å²) in [4.78, 5) is 0. The number of aryl methyl sites for hydroxylation is 1. The molecule has 1 aromatic rings. The lowest BCUT2D eigenvalue weighted by molar-refractivity contribution is 0.0975. The van der Waals surface area contributed by atoms with E-state index in [2.05, 4.69) is 44.9 Å². The molecule has 1 N–H and O–H groups in total. The van der Waals surface area contributed by atoms with Crippen LogP contribution in [0.3, 0.4) is 0 Å². The molecule has 1 aliphatic carbocycles. The molecule has 0 aromatic carbocycles. The molecule has 1 heterocycles. The lowest BCUT2D eigenvalue weighted by Gasteiger charge is -2.34. The van der Waals surface area contributed by atoms with Gasteiger partial charge in [-0.25, -0.2) is 0 Å². The van der Waals surface area contributed by atoms with E-state index in [0.717, 1.165) is 24.8 Å². The SMILES string of the molecule is C=CCC(C)n1c(C)cc2c1CC(C)(C)CC2O. The quantitative estimate of drug-likeness (QED) is 0.804. The van der Waals surface area contributed by atoms with E-state index in [4.69, 9.17) is 0 Å². The number of fused-ring (bicyclic) bond motifs is 1. The maximum atomic E-state index is 10.3. The van der Waals surface area contributed by atoms with Crippen LogP contribution in [0, 0.1) is 12.3 Å². The third-order valence-electron chi connectivity index (χ3n) is 4.07. The summed E-state index contributed by atoms with van der Waals surface area (Å²) in [5.41, 5.74) is 3.91. The number of rotatable bonds is 3. The molecule has 2 heteroatoms. The smallest absolute Gasteiger partial charge is 0.0812 e. The molecule has 100 valence electrons. The average molecular weight is 247 g/mol. The summed E-state index contributed by atoms with van der Waals surface area (Å²) in [7, 11) is 0. The second-order valence-corrected chi connectivity index (χ2v) is 6.49. The van der Waals surface area contributed by atoms with E-state index in [1.54, 1.807) is 0 Å². The lowest BCUT2D eigenvalue weighted by atomic mass is 9.75. The summed E-state index contributed by atoms with van der Waals surface area (Å²) >= 11 is 0. The summed E-state index contributed by atoms with van der Waals surface area (Å²) in [5, 5.41) is 10.3. The Morgan fingerprint density at radius 2 is 2.28 bits per heavy atom. The van der Waals surface area contributed by atoms with Gasteiger partial charge in [-0.15, -0.1) is 6.58 Å². The van der Waals surface area contributed by atoms with Crippen LogP contribution < -0.4 is 0 Å². The van der Waals surface area contributed by atoms with Gasteiger partial charge < -0.3 is 9.67 Å². The fourth-order valence-electron chi connectivity index (χ4n) is 3.32. The molecule has 1 aliphatic rings. The minimum absolute atomic E-state index is 0.183. The van der Waals surface area contributed by atoms with Gasteiger partial charge in [-0.3, -0.25) is 0 Å². The van der Waals surface area contributed by atoms with Crippen LogP contribution in [-0.4, -0.2) is 9.67 Å². The van der Waals surface area contributed by atoms with Crippen LogP contribution in [0.2, 0.25) is 0 Å². The summed E-state index contributed by atoms with van der Waals surface area (Å²) < 4.78 is 2.39. The predicted octanol–water partition coefficient (Wildman–Crippen LogP) is 3.94.